The summed E-state index contributed by atoms with van der Waals surface area (Å²) in [6, 6.07) is 7.67. The summed E-state index contributed by atoms with van der Waals surface area (Å²) in [6.45, 7) is -0.372. The Morgan fingerprint density at radius 1 is 1.21 bits per heavy atom. The van der Waals surface area contributed by atoms with Gasteiger partial charge in [-0.05, 0) is 55.0 Å². The molecule has 1 spiro atoms. The zero-order chi connectivity index (χ0) is 20.6. The molecule has 9 heteroatoms. The zero-order valence-corrected chi connectivity index (χ0v) is 16.6. The number of benzene rings is 1. The van der Waals surface area contributed by atoms with Crippen LogP contribution < -0.4 is 16.0 Å². The number of thiophene rings is 1. The van der Waals surface area contributed by atoms with Gasteiger partial charge in [-0.15, -0.1) is 11.3 Å². The van der Waals surface area contributed by atoms with E-state index in [0.717, 1.165) is 28.2 Å². The van der Waals surface area contributed by atoms with Crippen molar-refractivity contribution in [3.05, 3.63) is 51.7 Å². The minimum Gasteiger partial charge on any atom is -0.355 e. The summed E-state index contributed by atoms with van der Waals surface area (Å²) in [5.74, 6) is -1.10. The number of anilines is 1. The second-order valence-electron chi connectivity index (χ2n) is 7.04. The summed E-state index contributed by atoms with van der Waals surface area (Å²) in [6.07, 6.45) is 2.22. The fourth-order valence-corrected chi connectivity index (χ4v) is 4.88. The van der Waals surface area contributed by atoms with Crippen LogP contribution in [0.15, 0.2) is 35.7 Å². The minimum atomic E-state index is -1.06. The molecule has 1 saturated heterocycles. The molecule has 1 aliphatic heterocycles. The lowest BCUT2D eigenvalue weighted by Gasteiger charge is -2.31. The van der Waals surface area contributed by atoms with Gasteiger partial charge in [-0.1, -0.05) is 0 Å². The first-order valence-electron chi connectivity index (χ1n) is 9.27. The molecule has 150 valence electrons. The number of amides is 5. The van der Waals surface area contributed by atoms with E-state index in [4.69, 9.17) is 0 Å². The first kappa shape index (κ1) is 19.1. The Balaban J connectivity index is 1.46. The SMILES string of the molecule is CNC(=O)c1ccc(NC(=O)CN2C(=O)NC3(CCCc4sccc43)C2=O)cc1. The molecular formula is C20H20N4O4S. The predicted molar refractivity (Wildman–Crippen MR) is 108 cm³/mol. The van der Waals surface area contributed by atoms with Crippen molar-refractivity contribution in [3.8, 4) is 0 Å². The fraction of sp³-hybridized carbons (Fsp3) is 0.300. The van der Waals surface area contributed by atoms with E-state index in [9.17, 15) is 19.2 Å². The van der Waals surface area contributed by atoms with Crippen molar-refractivity contribution in [2.45, 2.75) is 24.8 Å². The fourth-order valence-electron chi connectivity index (χ4n) is 3.88. The van der Waals surface area contributed by atoms with Crippen molar-refractivity contribution in [1.82, 2.24) is 15.5 Å². The van der Waals surface area contributed by atoms with E-state index in [1.54, 1.807) is 35.6 Å². The molecule has 0 bridgehead atoms. The zero-order valence-electron chi connectivity index (χ0n) is 15.8. The van der Waals surface area contributed by atoms with E-state index in [2.05, 4.69) is 16.0 Å². The minimum absolute atomic E-state index is 0.229. The predicted octanol–water partition coefficient (Wildman–Crippen LogP) is 1.83. The van der Waals surface area contributed by atoms with Gasteiger partial charge in [0.1, 0.15) is 12.1 Å². The molecule has 1 aromatic heterocycles. The molecule has 0 saturated carbocycles. The lowest BCUT2D eigenvalue weighted by atomic mass is 9.80. The van der Waals surface area contributed by atoms with Crippen LogP contribution in [0.2, 0.25) is 0 Å². The van der Waals surface area contributed by atoms with Gasteiger partial charge in [0.05, 0.1) is 0 Å². The maximum absolute atomic E-state index is 13.1. The number of imide groups is 1. The van der Waals surface area contributed by atoms with E-state index in [1.807, 2.05) is 11.4 Å². The second kappa shape index (κ2) is 7.32. The molecule has 1 aliphatic carbocycles. The first-order chi connectivity index (χ1) is 13.9. The Morgan fingerprint density at radius 3 is 2.69 bits per heavy atom. The Labute approximate surface area is 171 Å². The first-order valence-corrected chi connectivity index (χ1v) is 10.2. The third kappa shape index (κ3) is 3.27. The number of hydrogen-bond acceptors (Lipinski definition) is 5. The van der Waals surface area contributed by atoms with Crippen LogP contribution in [0.1, 0.15) is 33.6 Å². The van der Waals surface area contributed by atoms with Gasteiger partial charge in [-0.3, -0.25) is 19.3 Å². The number of hydrogen-bond donors (Lipinski definition) is 3. The average molecular weight is 412 g/mol. The smallest absolute Gasteiger partial charge is 0.325 e. The quantitative estimate of drug-likeness (QED) is 0.666. The number of urea groups is 1. The molecule has 2 heterocycles. The number of fused-ring (bicyclic) bond motifs is 2. The number of carbonyl (C=O) groups is 4. The number of aryl methyl sites for hydroxylation is 1. The number of rotatable bonds is 4. The van der Waals surface area contributed by atoms with Gasteiger partial charge >= 0.3 is 6.03 Å². The van der Waals surface area contributed by atoms with Gasteiger partial charge in [-0.25, -0.2) is 4.79 Å². The number of carbonyl (C=O) groups excluding carboxylic acids is 4. The highest BCUT2D eigenvalue weighted by Crippen LogP contribution is 2.42. The normalized spacial score (nSPS) is 20.4. The molecule has 1 fully saturated rings. The Hall–Kier alpha value is -3.20. The van der Waals surface area contributed by atoms with E-state index < -0.39 is 17.5 Å². The molecule has 3 N–H and O–H groups in total. The van der Waals surface area contributed by atoms with Gasteiger partial charge in [0, 0.05) is 28.7 Å². The summed E-state index contributed by atoms with van der Waals surface area (Å²) in [7, 11) is 1.54. The summed E-state index contributed by atoms with van der Waals surface area (Å²) < 4.78 is 0. The lowest BCUT2D eigenvalue weighted by Crippen LogP contribution is -2.46. The molecule has 2 aromatic rings. The van der Waals surface area contributed by atoms with Crippen molar-refractivity contribution in [2.24, 2.45) is 0 Å². The third-order valence-corrected chi connectivity index (χ3v) is 6.28. The van der Waals surface area contributed by atoms with E-state index in [0.29, 0.717) is 17.7 Å². The van der Waals surface area contributed by atoms with Crippen LogP contribution in [0, 0.1) is 0 Å². The molecule has 29 heavy (non-hydrogen) atoms. The largest absolute Gasteiger partial charge is 0.355 e. The molecule has 4 rings (SSSR count). The molecule has 2 aliphatic rings. The highest BCUT2D eigenvalue weighted by atomic mass is 32.1. The second-order valence-corrected chi connectivity index (χ2v) is 8.04. The summed E-state index contributed by atoms with van der Waals surface area (Å²) >= 11 is 1.58. The molecule has 1 unspecified atom stereocenters. The van der Waals surface area contributed by atoms with Crippen LogP contribution in [0.3, 0.4) is 0 Å². The molecule has 5 amide bonds. The van der Waals surface area contributed by atoms with E-state index in [-0.39, 0.29) is 18.4 Å². The maximum Gasteiger partial charge on any atom is 0.325 e. The van der Waals surface area contributed by atoms with Crippen molar-refractivity contribution < 1.29 is 19.2 Å². The van der Waals surface area contributed by atoms with Crippen LogP contribution in [-0.2, 0) is 21.5 Å². The van der Waals surface area contributed by atoms with E-state index >= 15 is 0 Å². The summed E-state index contributed by atoms with van der Waals surface area (Å²) in [4.78, 5) is 51.7. The van der Waals surface area contributed by atoms with Gasteiger partial charge in [0.2, 0.25) is 5.91 Å². The lowest BCUT2D eigenvalue weighted by molar-refractivity contribution is -0.134. The van der Waals surface area contributed by atoms with Gasteiger partial charge < -0.3 is 16.0 Å². The van der Waals surface area contributed by atoms with Gasteiger partial charge in [0.25, 0.3) is 11.8 Å². The monoisotopic (exact) mass is 412 g/mol. The van der Waals surface area contributed by atoms with Gasteiger partial charge in [0.15, 0.2) is 0 Å². The van der Waals surface area contributed by atoms with Gasteiger partial charge in [-0.2, -0.15) is 0 Å². The number of nitrogens with one attached hydrogen (secondary N) is 3. The Morgan fingerprint density at radius 2 is 1.97 bits per heavy atom. The van der Waals surface area contributed by atoms with Crippen LogP contribution in [0.5, 0.6) is 0 Å². The van der Waals surface area contributed by atoms with Crippen molar-refractivity contribution in [3.63, 3.8) is 0 Å². The molecule has 8 nitrogen and oxygen atoms in total. The molecule has 1 aromatic carbocycles. The van der Waals surface area contributed by atoms with Crippen LogP contribution in [0.4, 0.5) is 10.5 Å². The van der Waals surface area contributed by atoms with Crippen molar-refractivity contribution in [2.75, 3.05) is 18.9 Å². The molecule has 1 atom stereocenters. The maximum atomic E-state index is 13.1. The van der Waals surface area contributed by atoms with E-state index in [1.165, 1.54) is 7.05 Å². The highest BCUT2D eigenvalue weighted by molar-refractivity contribution is 7.10. The molecular weight excluding hydrogens is 392 g/mol. The Bertz CT molecular complexity index is 1000. The highest BCUT2D eigenvalue weighted by Gasteiger charge is 2.54. The topological polar surface area (TPSA) is 108 Å². The average Bonchev–Trinajstić information content (AvgIpc) is 3.29. The summed E-state index contributed by atoms with van der Waals surface area (Å²) in [5, 5.41) is 9.93. The summed E-state index contributed by atoms with van der Waals surface area (Å²) in [5.41, 5.74) is 0.729. The van der Waals surface area contributed by atoms with Crippen molar-refractivity contribution >= 4 is 40.8 Å². The third-order valence-electron chi connectivity index (χ3n) is 5.30. The Kier molecular flexibility index (Phi) is 4.83. The number of nitrogens with zero attached hydrogens (tertiary/aromatic N) is 1. The standard InChI is InChI=1S/C20H20N4O4S/c1-21-17(26)12-4-6-13(7-5-12)22-16(25)11-24-18(27)20(23-19(24)28)9-2-3-15-14(20)8-10-29-15/h4-8,10H,2-3,9,11H2,1H3,(H,21,26)(H,22,25)(H,23,28). The van der Waals surface area contributed by atoms with Crippen LogP contribution >= 0.6 is 11.3 Å². The van der Waals surface area contributed by atoms with Crippen LogP contribution in [-0.4, -0.2) is 42.2 Å². The van der Waals surface area contributed by atoms with Crippen LogP contribution in [0.25, 0.3) is 0 Å². The van der Waals surface area contributed by atoms with Crippen molar-refractivity contribution in [1.29, 1.82) is 0 Å². The molecule has 0 radical (unpaired) electrons.